The molecule has 1 aliphatic carbocycles. The van der Waals surface area contributed by atoms with Crippen LogP contribution in [0.25, 0.3) is 127 Å². The number of anilines is 3. The van der Waals surface area contributed by atoms with Crippen LogP contribution in [0.5, 0.6) is 11.5 Å². The van der Waals surface area contributed by atoms with Crippen molar-refractivity contribution in [3.8, 4) is 95.1 Å². The molecule has 19 rings (SSSR count). The summed E-state index contributed by atoms with van der Waals surface area (Å²) >= 11 is 0. The molecule has 1 aromatic heterocycles. The average molecular weight is 1220 g/mol. The first kappa shape index (κ1) is 55.1. The Labute approximate surface area is 557 Å². The van der Waals surface area contributed by atoms with E-state index in [9.17, 15) is 0 Å². The summed E-state index contributed by atoms with van der Waals surface area (Å²) in [7, 11) is 0. The summed E-state index contributed by atoms with van der Waals surface area (Å²) < 4.78 is 9.69. The molecule has 0 N–H and O–H groups in total. The Morgan fingerprint density at radius 2 is 0.750 bits per heavy atom. The molecule has 2 aliphatic rings. The quantitative estimate of drug-likeness (QED) is 0.136. The van der Waals surface area contributed by atoms with Gasteiger partial charge in [0.25, 0.3) is 0 Å². The van der Waals surface area contributed by atoms with Crippen LogP contribution in [0, 0.1) is 0 Å². The Morgan fingerprint density at radius 1 is 0.240 bits per heavy atom. The third-order valence-corrected chi connectivity index (χ3v) is 20.2. The molecule has 0 atom stereocenters. The SMILES string of the molecule is c1ccc(-c2ccc(-n3c4ccccc4c4ccccc43)c(-c3ccc(N(c4cccc(-c5ccc6ccccc6c5)c4)c4cc(-c5ccc6c(c5)Oc5ccccc5C65c6ccccc6-c6ccccc65)cc(-c5cccc6ccccc56)c4)cc3)c2-c2ccccc2)cc1. The van der Waals surface area contributed by atoms with Crippen molar-refractivity contribution in [3.63, 3.8) is 0 Å². The molecular weight excluding hydrogens is 1160 g/mol. The van der Waals surface area contributed by atoms with Gasteiger partial charge in [0.15, 0.2) is 0 Å². The van der Waals surface area contributed by atoms with Crippen molar-refractivity contribution >= 4 is 60.4 Å². The van der Waals surface area contributed by atoms with Crippen molar-refractivity contribution in [2.45, 2.75) is 5.41 Å². The van der Waals surface area contributed by atoms with E-state index in [1.54, 1.807) is 0 Å². The zero-order valence-electron chi connectivity index (χ0n) is 52.4. The molecule has 1 spiro atoms. The number of rotatable bonds is 10. The third kappa shape index (κ3) is 8.75. The lowest BCUT2D eigenvalue weighted by atomic mass is 9.66. The van der Waals surface area contributed by atoms with Gasteiger partial charge in [0, 0.05) is 44.5 Å². The first-order chi connectivity index (χ1) is 47.6. The molecule has 2 heterocycles. The first-order valence-electron chi connectivity index (χ1n) is 33.1. The summed E-state index contributed by atoms with van der Waals surface area (Å²) in [5.41, 5.74) is 26.8. The average Bonchev–Trinajstić information content (AvgIpc) is 1.48. The van der Waals surface area contributed by atoms with Crippen LogP contribution in [-0.2, 0) is 5.41 Å². The number of nitrogens with zero attached hydrogens (tertiary/aromatic N) is 2. The van der Waals surface area contributed by atoms with Crippen molar-refractivity contribution in [1.82, 2.24) is 4.57 Å². The molecule has 16 aromatic carbocycles. The monoisotopic (exact) mass is 1220 g/mol. The standard InChI is InChI=1S/C93H60N2O/c1-3-24-63(25-4-1)77-52-54-88(95-86-42-18-13-36-80(86)81-37-14-19-43-87(81)95)92(91(77)64-27-5-2-6-28-64)65-47-50-72(51-48-65)94(73-32-21-31-67(57-73)68-46-45-61-23-7-8-29-66(61)55-68)74-58-70(56-71(59-74)76-38-22-30-62-26-9-10-33-75(62)76)69-49-53-85-90(60-69)96-89-44-20-17-41-84(89)93(85)82-39-15-11-34-78(82)79-35-12-16-40-83(79)93/h1-60H. The van der Waals surface area contributed by atoms with E-state index in [4.69, 9.17) is 4.74 Å². The molecule has 0 saturated heterocycles. The highest BCUT2D eigenvalue weighted by atomic mass is 16.5. The highest BCUT2D eigenvalue weighted by molar-refractivity contribution is 6.11. The van der Waals surface area contributed by atoms with Gasteiger partial charge in [-0.3, -0.25) is 0 Å². The highest BCUT2D eigenvalue weighted by Gasteiger charge is 2.51. The summed E-state index contributed by atoms with van der Waals surface area (Å²) in [6.45, 7) is 0. The summed E-state index contributed by atoms with van der Waals surface area (Å²) in [6.07, 6.45) is 0. The van der Waals surface area contributed by atoms with Crippen molar-refractivity contribution in [1.29, 1.82) is 0 Å². The molecule has 0 radical (unpaired) electrons. The molecule has 448 valence electrons. The van der Waals surface area contributed by atoms with Gasteiger partial charge in [-0.25, -0.2) is 0 Å². The maximum Gasteiger partial charge on any atom is 0.132 e. The minimum atomic E-state index is -0.584. The van der Waals surface area contributed by atoms with Gasteiger partial charge in [0.1, 0.15) is 11.5 Å². The van der Waals surface area contributed by atoms with Gasteiger partial charge in [0.2, 0.25) is 0 Å². The van der Waals surface area contributed by atoms with E-state index in [0.29, 0.717) is 0 Å². The number of ether oxygens (including phenoxy) is 1. The van der Waals surface area contributed by atoms with Gasteiger partial charge in [-0.1, -0.05) is 285 Å². The molecule has 17 aromatic rings. The van der Waals surface area contributed by atoms with Crippen molar-refractivity contribution < 1.29 is 4.74 Å². The lowest BCUT2D eigenvalue weighted by Crippen LogP contribution is -2.32. The largest absolute Gasteiger partial charge is 0.457 e. The number of fused-ring (bicyclic) bond motifs is 14. The lowest BCUT2D eigenvalue weighted by Gasteiger charge is -2.39. The fourth-order valence-corrected chi connectivity index (χ4v) is 16.0. The Bertz CT molecular complexity index is 5840. The molecule has 0 bridgehead atoms. The van der Waals surface area contributed by atoms with Gasteiger partial charge >= 0.3 is 0 Å². The second-order valence-corrected chi connectivity index (χ2v) is 25.4. The molecule has 3 heteroatoms. The number of para-hydroxylation sites is 3. The van der Waals surface area contributed by atoms with E-state index in [1.807, 2.05) is 0 Å². The van der Waals surface area contributed by atoms with Crippen LogP contribution in [0.2, 0.25) is 0 Å². The lowest BCUT2D eigenvalue weighted by molar-refractivity contribution is 0.436. The minimum absolute atomic E-state index is 0.584. The first-order valence-corrected chi connectivity index (χ1v) is 33.1. The van der Waals surface area contributed by atoms with Gasteiger partial charge < -0.3 is 14.2 Å². The topological polar surface area (TPSA) is 17.4 Å². The van der Waals surface area contributed by atoms with E-state index in [-0.39, 0.29) is 0 Å². The smallest absolute Gasteiger partial charge is 0.132 e. The van der Waals surface area contributed by atoms with E-state index in [1.165, 1.54) is 65.7 Å². The second-order valence-electron chi connectivity index (χ2n) is 25.4. The van der Waals surface area contributed by atoms with Gasteiger partial charge in [-0.15, -0.1) is 0 Å². The maximum atomic E-state index is 7.21. The van der Waals surface area contributed by atoms with Crippen LogP contribution in [0.1, 0.15) is 22.3 Å². The van der Waals surface area contributed by atoms with Crippen molar-refractivity contribution in [2.75, 3.05) is 4.90 Å². The van der Waals surface area contributed by atoms with Crippen LogP contribution < -0.4 is 9.64 Å². The fourth-order valence-electron chi connectivity index (χ4n) is 16.0. The molecule has 0 amide bonds. The highest BCUT2D eigenvalue weighted by Crippen LogP contribution is 2.62. The van der Waals surface area contributed by atoms with Crippen LogP contribution in [0.15, 0.2) is 364 Å². The number of aromatic nitrogens is 1. The van der Waals surface area contributed by atoms with E-state index in [0.717, 1.165) is 112 Å². The summed E-state index contributed by atoms with van der Waals surface area (Å²) in [6, 6.07) is 134. The van der Waals surface area contributed by atoms with E-state index < -0.39 is 5.41 Å². The zero-order chi connectivity index (χ0) is 63.3. The Balaban J connectivity index is 0.847. The normalized spacial score (nSPS) is 12.5. The minimum Gasteiger partial charge on any atom is -0.457 e. The molecular formula is C93H60N2O. The predicted octanol–water partition coefficient (Wildman–Crippen LogP) is 25.0. The summed E-state index contributed by atoms with van der Waals surface area (Å²) in [5.74, 6) is 1.71. The van der Waals surface area contributed by atoms with Crippen molar-refractivity contribution in [2.24, 2.45) is 0 Å². The molecule has 0 saturated carbocycles. The van der Waals surface area contributed by atoms with Crippen LogP contribution in [0.3, 0.4) is 0 Å². The van der Waals surface area contributed by atoms with Gasteiger partial charge in [-0.05, 0) is 184 Å². The van der Waals surface area contributed by atoms with Crippen LogP contribution in [-0.4, -0.2) is 4.57 Å². The van der Waals surface area contributed by atoms with Crippen LogP contribution in [0.4, 0.5) is 17.1 Å². The summed E-state index contributed by atoms with van der Waals surface area (Å²) in [5, 5.41) is 7.24. The molecule has 96 heavy (non-hydrogen) atoms. The molecule has 0 unspecified atom stereocenters. The van der Waals surface area contributed by atoms with E-state index in [2.05, 4.69) is 373 Å². The van der Waals surface area contributed by atoms with E-state index >= 15 is 0 Å². The molecule has 0 fully saturated rings. The fraction of sp³-hybridized carbons (Fsp3) is 0.0108. The maximum absolute atomic E-state index is 7.21. The Hall–Kier alpha value is -12.6. The van der Waals surface area contributed by atoms with Crippen molar-refractivity contribution in [3.05, 3.63) is 386 Å². The Morgan fingerprint density at radius 3 is 1.50 bits per heavy atom. The zero-order valence-corrected chi connectivity index (χ0v) is 52.4. The number of hydrogen-bond donors (Lipinski definition) is 0. The molecule has 1 aliphatic heterocycles. The molecule has 3 nitrogen and oxygen atoms in total. The number of hydrogen-bond acceptors (Lipinski definition) is 2. The van der Waals surface area contributed by atoms with Crippen LogP contribution >= 0.6 is 0 Å². The van der Waals surface area contributed by atoms with Gasteiger partial charge in [-0.2, -0.15) is 0 Å². The predicted molar refractivity (Wildman–Crippen MR) is 400 cm³/mol. The number of benzene rings is 16. The Kier molecular flexibility index (Phi) is 12.8. The third-order valence-electron chi connectivity index (χ3n) is 20.2. The second kappa shape index (κ2) is 22.3. The summed E-state index contributed by atoms with van der Waals surface area (Å²) in [4.78, 5) is 2.46. The van der Waals surface area contributed by atoms with Gasteiger partial charge in [0.05, 0.1) is 22.1 Å².